The summed E-state index contributed by atoms with van der Waals surface area (Å²) >= 11 is 0. The van der Waals surface area contributed by atoms with E-state index >= 15 is 0 Å². The first-order valence-electron chi connectivity index (χ1n) is 10.7. The molecule has 1 aromatic rings. The number of hydrogen-bond donors (Lipinski definition) is 3. The minimum Gasteiger partial charge on any atom is -0.497 e. The number of aliphatic imine (C=N–C) groups is 1. The number of methoxy groups -OCH3 is 2. The number of rotatable bonds is 10. The van der Waals surface area contributed by atoms with Crippen LogP contribution in [0.4, 0.5) is 0 Å². The molecule has 1 amide bonds. The van der Waals surface area contributed by atoms with Crippen LogP contribution >= 0.6 is 0 Å². The van der Waals surface area contributed by atoms with Crippen molar-refractivity contribution in [1.29, 1.82) is 0 Å². The lowest BCUT2D eigenvalue weighted by Gasteiger charge is -2.19. The lowest BCUT2D eigenvalue weighted by molar-refractivity contribution is -0.121. The van der Waals surface area contributed by atoms with Gasteiger partial charge in [-0.3, -0.25) is 14.7 Å². The van der Waals surface area contributed by atoms with Gasteiger partial charge in [-0.2, -0.15) is 0 Å². The van der Waals surface area contributed by atoms with E-state index in [1.807, 2.05) is 25.1 Å². The Morgan fingerprint density at radius 1 is 1.27 bits per heavy atom. The third-order valence-corrected chi connectivity index (χ3v) is 5.32. The van der Waals surface area contributed by atoms with Crippen LogP contribution in [0.3, 0.4) is 0 Å². The minimum atomic E-state index is 0.0630. The Morgan fingerprint density at radius 3 is 2.57 bits per heavy atom. The van der Waals surface area contributed by atoms with Crippen LogP contribution in [0.15, 0.2) is 23.2 Å². The molecule has 0 aromatic heterocycles. The van der Waals surface area contributed by atoms with E-state index in [2.05, 4.69) is 32.8 Å². The van der Waals surface area contributed by atoms with Crippen molar-refractivity contribution in [3.05, 3.63) is 23.8 Å². The minimum absolute atomic E-state index is 0.0630. The first kappa shape index (κ1) is 23.8. The number of benzene rings is 1. The van der Waals surface area contributed by atoms with Crippen LogP contribution in [0.2, 0.25) is 0 Å². The van der Waals surface area contributed by atoms with E-state index in [0.717, 1.165) is 49.9 Å². The Balaban J connectivity index is 1.77. The molecule has 1 aliphatic rings. The van der Waals surface area contributed by atoms with Gasteiger partial charge in [-0.1, -0.05) is 6.92 Å². The molecule has 2 unspecified atom stereocenters. The summed E-state index contributed by atoms with van der Waals surface area (Å²) in [5.41, 5.74) is 1.17. The second-order valence-corrected chi connectivity index (χ2v) is 7.71. The zero-order chi connectivity index (χ0) is 21.9. The number of nitrogens with zero attached hydrogens (tertiary/aromatic N) is 2. The first-order chi connectivity index (χ1) is 14.5. The van der Waals surface area contributed by atoms with Crippen LogP contribution in [-0.4, -0.2) is 69.8 Å². The van der Waals surface area contributed by atoms with E-state index in [1.54, 1.807) is 21.3 Å². The number of carbonyl (C=O) groups excluding carboxylic acids is 1. The predicted octanol–water partition coefficient (Wildman–Crippen LogP) is 1.75. The van der Waals surface area contributed by atoms with Crippen LogP contribution in [0, 0.1) is 0 Å². The molecule has 1 heterocycles. The predicted molar refractivity (Wildman–Crippen MR) is 120 cm³/mol. The fraction of sp³-hybridized carbons (Fsp3) is 0.636. The lowest BCUT2D eigenvalue weighted by atomic mass is 10.2. The molecule has 1 aromatic carbocycles. The van der Waals surface area contributed by atoms with Gasteiger partial charge in [0.05, 0.1) is 14.2 Å². The van der Waals surface area contributed by atoms with Gasteiger partial charge in [0.25, 0.3) is 0 Å². The highest BCUT2D eigenvalue weighted by Crippen LogP contribution is 2.24. The Bertz CT molecular complexity index is 688. The highest BCUT2D eigenvalue weighted by Gasteiger charge is 2.23. The second-order valence-electron chi connectivity index (χ2n) is 7.71. The molecule has 1 aliphatic heterocycles. The van der Waals surface area contributed by atoms with E-state index in [4.69, 9.17) is 9.47 Å². The monoisotopic (exact) mass is 419 g/mol. The molecular weight excluding hydrogens is 382 g/mol. The summed E-state index contributed by atoms with van der Waals surface area (Å²) in [5.74, 6) is 2.41. The van der Waals surface area contributed by atoms with Crippen molar-refractivity contribution in [2.75, 3.05) is 40.9 Å². The highest BCUT2D eigenvalue weighted by molar-refractivity contribution is 5.81. The Hall–Kier alpha value is -2.48. The number of amides is 1. The molecule has 30 heavy (non-hydrogen) atoms. The van der Waals surface area contributed by atoms with Crippen LogP contribution < -0.4 is 25.4 Å². The Kier molecular flexibility index (Phi) is 9.73. The van der Waals surface area contributed by atoms with Crippen molar-refractivity contribution in [3.8, 4) is 11.5 Å². The molecule has 0 saturated carbocycles. The SMILES string of the molecule is CCC(C)NC(=O)CCNC(=NC)NC1CCN(Cc2cc(OC)cc(OC)c2)C1. The van der Waals surface area contributed by atoms with Gasteiger partial charge in [0.2, 0.25) is 5.91 Å². The molecule has 168 valence electrons. The third kappa shape index (κ3) is 7.74. The molecule has 0 aliphatic carbocycles. The van der Waals surface area contributed by atoms with Gasteiger partial charge in [0.15, 0.2) is 5.96 Å². The van der Waals surface area contributed by atoms with Crippen molar-refractivity contribution >= 4 is 11.9 Å². The standard InChI is InChI=1S/C22H37N5O3/c1-6-16(2)25-21(28)7-9-24-22(23-3)26-18-8-10-27(15-18)14-17-11-19(29-4)13-20(12-17)30-5/h11-13,16,18H,6-10,14-15H2,1-5H3,(H,25,28)(H2,23,24,26). The van der Waals surface area contributed by atoms with Crippen molar-refractivity contribution in [3.63, 3.8) is 0 Å². The van der Waals surface area contributed by atoms with E-state index < -0.39 is 0 Å². The van der Waals surface area contributed by atoms with E-state index in [1.165, 1.54) is 5.56 Å². The average Bonchev–Trinajstić information content (AvgIpc) is 3.18. The maximum atomic E-state index is 11.9. The number of guanidine groups is 1. The fourth-order valence-corrected chi connectivity index (χ4v) is 3.44. The summed E-state index contributed by atoms with van der Waals surface area (Å²) in [6.45, 7) is 7.40. The molecule has 2 rings (SSSR count). The summed E-state index contributed by atoms with van der Waals surface area (Å²) in [6.07, 6.45) is 2.40. The van der Waals surface area contributed by atoms with Crippen LogP contribution in [0.5, 0.6) is 11.5 Å². The Morgan fingerprint density at radius 2 is 1.97 bits per heavy atom. The normalized spacial score (nSPS) is 18.0. The molecular formula is C22H37N5O3. The van der Waals surface area contributed by atoms with E-state index in [0.29, 0.717) is 19.0 Å². The Labute approximate surface area is 180 Å². The summed E-state index contributed by atoms with van der Waals surface area (Å²) in [7, 11) is 5.09. The van der Waals surface area contributed by atoms with Crippen molar-refractivity contribution in [2.45, 2.75) is 51.7 Å². The quantitative estimate of drug-likeness (QED) is 0.396. The van der Waals surface area contributed by atoms with Gasteiger partial charge in [-0.05, 0) is 37.5 Å². The van der Waals surface area contributed by atoms with E-state index in [-0.39, 0.29) is 11.9 Å². The van der Waals surface area contributed by atoms with Gasteiger partial charge in [-0.25, -0.2) is 0 Å². The molecule has 2 atom stereocenters. The zero-order valence-corrected chi connectivity index (χ0v) is 19.0. The largest absolute Gasteiger partial charge is 0.497 e. The van der Waals surface area contributed by atoms with Crippen LogP contribution in [0.1, 0.15) is 38.7 Å². The van der Waals surface area contributed by atoms with Gasteiger partial charge in [0, 0.05) is 57.8 Å². The van der Waals surface area contributed by atoms with Crippen LogP contribution in [-0.2, 0) is 11.3 Å². The number of likely N-dealkylation sites (tertiary alicyclic amines) is 1. The average molecular weight is 420 g/mol. The smallest absolute Gasteiger partial charge is 0.221 e. The molecule has 0 bridgehead atoms. The maximum absolute atomic E-state index is 11.9. The second kappa shape index (κ2) is 12.3. The molecule has 3 N–H and O–H groups in total. The number of nitrogens with one attached hydrogen (secondary N) is 3. The van der Waals surface area contributed by atoms with E-state index in [9.17, 15) is 4.79 Å². The number of carbonyl (C=O) groups is 1. The summed E-state index contributed by atoms with van der Waals surface area (Å²) in [4.78, 5) is 18.6. The zero-order valence-electron chi connectivity index (χ0n) is 19.0. The number of ether oxygens (including phenoxy) is 2. The topological polar surface area (TPSA) is 87.2 Å². The number of hydrogen-bond acceptors (Lipinski definition) is 5. The van der Waals surface area contributed by atoms with Crippen molar-refractivity contribution < 1.29 is 14.3 Å². The highest BCUT2D eigenvalue weighted by atomic mass is 16.5. The lowest BCUT2D eigenvalue weighted by Crippen LogP contribution is -2.45. The molecule has 8 nitrogen and oxygen atoms in total. The van der Waals surface area contributed by atoms with Gasteiger partial charge < -0.3 is 25.4 Å². The molecule has 0 radical (unpaired) electrons. The summed E-state index contributed by atoms with van der Waals surface area (Å²) < 4.78 is 10.7. The van der Waals surface area contributed by atoms with Crippen molar-refractivity contribution in [2.24, 2.45) is 4.99 Å². The fourth-order valence-electron chi connectivity index (χ4n) is 3.44. The van der Waals surface area contributed by atoms with Crippen LogP contribution in [0.25, 0.3) is 0 Å². The van der Waals surface area contributed by atoms with Gasteiger partial charge in [0.1, 0.15) is 11.5 Å². The third-order valence-electron chi connectivity index (χ3n) is 5.32. The first-order valence-corrected chi connectivity index (χ1v) is 10.7. The molecule has 1 fully saturated rings. The molecule has 1 saturated heterocycles. The van der Waals surface area contributed by atoms with Gasteiger partial charge >= 0.3 is 0 Å². The summed E-state index contributed by atoms with van der Waals surface area (Å²) in [6, 6.07) is 6.51. The maximum Gasteiger partial charge on any atom is 0.221 e. The summed E-state index contributed by atoms with van der Waals surface area (Å²) in [5, 5.41) is 9.68. The van der Waals surface area contributed by atoms with Gasteiger partial charge in [-0.15, -0.1) is 0 Å². The molecule has 0 spiro atoms. The molecule has 8 heteroatoms. The van der Waals surface area contributed by atoms with Crippen molar-refractivity contribution in [1.82, 2.24) is 20.9 Å².